The van der Waals surface area contributed by atoms with E-state index in [4.69, 9.17) is 9.59 Å². The monoisotopic (exact) mass is 152 g/mol. The second-order valence-electron chi connectivity index (χ2n) is 0.977. The maximum Gasteiger partial charge on any atom is 0.818 e. The topological polar surface area (TPSA) is 93.1 Å². The van der Waals surface area contributed by atoms with Crippen LogP contribution in [0.3, 0.4) is 0 Å². The van der Waals surface area contributed by atoms with Gasteiger partial charge in [-0.2, -0.15) is 0 Å². The van der Waals surface area contributed by atoms with E-state index in [1.807, 2.05) is 0 Å². The highest BCUT2D eigenvalue weighted by Crippen LogP contribution is 1.91. The third kappa shape index (κ3) is 3.64. The molecule has 0 aliphatic rings. The third-order valence-electron chi connectivity index (χ3n) is 0.403. The van der Waals surface area contributed by atoms with Gasteiger partial charge in [-0.3, -0.25) is 9.59 Å². The lowest BCUT2D eigenvalue weighted by Gasteiger charge is -2.07. The van der Waals surface area contributed by atoms with Crippen molar-refractivity contribution in [2.45, 2.75) is 0 Å². The largest absolute Gasteiger partial charge is 0.818 e. The first-order valence-electron chi connectivity index (χ1n) is 1.80. The van der Waals surface area contributed by atoms with Crippen LogP contribution in [0.15, 0.2) is 0 Å². The summed E-state index contributed by atoms with van der Waals surface area (Å²) in [7, 11) is -4.44. The predicted molar refractivity (Wildman–Crippen MR) is 24.5 cm³/mol. The first kappa shape index (κ1) is 8.08. The Morgan fingerprint density at radius 2 is 1.44 bits per heavy atom. The zero-order valence-corrected chi connectivity index (χ0v) is 5.18. The number of rotatable bonds is 4. The van der Waals surface area contributed by atoms with Crippen molar-refractivity contribution in [1.29, 1.82) is 0 Å². The minimum Gasteiger partial charge on any atom is -0.445 e. The van der Waals surface area contributed by atoms with E-state index in [2.05, 4.69) is 8.85 Å². The molecule has 0 heterocycles. The Morgan fingerprint density at radius 1 is 1.11 bits per heavy atom. The molecule has 0 spiro atoms. The van der Waals surface area contributed by atoms with E-state index >= 15 is 0 Å². The van der Waals surface area contributed by atoms with Crippen molar-refractivity contribution < 1.29 is 28.0 Å². The number of hydrogen-bond donors (Lipinski definition) is 2. The van der Waals surface area contributed by atoms with E-state index in [1.165, 1.54) is 0 Å². The smallest absolute Gasteiger partial charge is 0.445 e. The van der Waals surface area contributed by atoms with Gasteiger partial charge in [0.2, 0.25) is 0 Å². The molecule has 0 rings (SSSR count). The Morgan fingerprint density at radius 3 is 1.67 bits per heavy atom. The molecule has 0 aromatic rings. The molecule has 0 amide bonds. The van der Waals surface area contributed by atoms with Gasteiger partial charge in [0.25, 0.3) is 12.9 Å². The summed E-state index contributed by atoms with van der Waals surface area (Å²) >= 11 is 0. The van der Waals surface area contributed by atoms with Gasteiger partial charge in [0, 0.05) is 0 Å². The molecule has 0 saturated heterocycles. The summed E-state index contributed by atoms with van der Waals surface area (Å²) in [4.78, 5) is 35.4. The standard InChI is InChI=1S/C2H4O6Si/c3-1-7-9(5,6)8-2-4/h1-2,5-6H. The summed E-state index contributed by atoms with van der Waals surface area (Å²) in [6, 6.07) is 0. The third-order valence-corrected chi connectivity index (χ3v) is 1.21. The van der Waals surface area contributed by atoms with Crippen LogP contribution in [-0.2, 0) is 18.4 Å². The molecule has 52 valence electrons. The number of carbonyl (C=O) groups is 2. The van der Waals surface area contributed by atoms with Gasteiger partial charge in [0.15, 0.2) is 0 Å². The van der Waals surface area contributed by atoms with Crippen molar-refractivity contribution in [3.05, 3.63) is 0 Å². The maximum absolute atomic E-state index is 9.39. The van der Waals surface area contributed by atoms with Crippen LogP contribution in [0.5, 0.6) is 0 Å². The first-order chi connectivity index (χ1) is 4.12. The first-order valence-corrected chi connectivity index (χ1v) is 3.51. The Kier molecular flexibility index (Phi) is 2.85. The molecule has 7 heteroatoms. The predicted octanol–water partition coefficient (Wildman–Crippen LogP) is -2.25. The van der Waals surface area contributed by atoms with Gasteiger partial charge < -0.3 is 18.4 Å². The zero-order valence-electron chi connectivity index (χ0n) is 4.18. The molecular formula is C2H4O6Si. The number of carbonyl (C=O) groups excluding carboxylic acids is 2. The molecule has 9 heavy (non-hydrogen) atoms. The molecule has 0 aliphatic heterocycles. The van der Waals surface area contributed by atoms with Gasteiger partial charge in [-0.25, -0.2) is 0 Å². The molecule has 2 N–H and O–H groups in total. The molecule has 6 nitrogen and oxygen atoms in total. The van der Waals surface area contributed by atoms with Crippen molar-refractivity contribution in [3.63, 3.8) is 0 Å². The van der Waals surface area contributed by atoms with Gasteiger partial charge in [0.05, 0.1) is 0 Å². The molecular weight excluding hydrogens is 148 g/mol. The van der Waals surface area contributed by atoms with Gasteiger partial charge in [-0.15, -0.1) is 0 Å². The summed E-state index contributed by atoms with van der Waals surface area (Å²) in [6.07, 6.45) is 0. The van der Waals surface area contributed by atoms with Gasteiger partial charge in [0.1, 0.15) is 0 Å². The summed E-state index contributed by atoms with van der Waals surface area (Å²) in [6.45, 7) is -0.425. The molecule has 0 saturated carbocycles. The maximum atomic E-state index is 9.39. The van der Waals surface area contributed by atoms with Gasteiger partial charge >= 0.3 is 9.05 Å². The van der Waals surface area contributed by atoms with Crippen molar-refractivity contribution in [2.24, 2.45) is 0 Å². The van der Waals surface area contributed by atoms with E-state index < -0.39 is 9.05 Å². The normalized spacial score (nSPS) is 10.0. The lowest BCUT2D eigenvalue weighted by molar-refractivity contribution is -0.133. The van der Waals surface area contributed by atoms with Crippen LogP contribution in [-0.4, -0.2) is 31.6 Å². The van der Waals surface area contributed by atoms with Crippen LogP contribution in [0, 0.1) is 0 Å². The molecule has 0 aromatic carbocycles. The second-order valence-corrected chi connectivity index (χ2v) is 2.55. The highest BCUT2D eigenvalue weighted by Gasteiger charge is 2.41. The fourth-order valence-electron chi connectivity index (χ4n) is 0.153. The van der Waals surface area contributed by atoms with Gasteiger partial charge in [-0.1, -0.05) is 0 Å². The fourth-order valence-corrected chi connectivity index (χ4v) is 0.459. The SMILES string of the molecule is O=CO[Si](O)(O)OC=O. The van der Waals surface area contributed by atoms with Crippen molar-refractivity contribution in [1.82, 2.24) is 0 Å². The van der Waals surface area contributed by atoms with E-state index in [9.17, 15) is 9.59 Å². The van der Waals surface area contributed by atoms with Gasteiger partial charge in [-0.05, 0) is 0 Å². The second kappa shape index (κ2) is 3.17. The summed E-state index contributed by atoms with van der Waals surface area (Å²) in [5.74, 6) is 0. The molecule has 0 bridgehead atoms. The molecule has 0 atom stereocenters. The van der Waals surface area contributed by atoms with E-state index in [-0.39, 0.29) is 12.9 Å². The van der Waals surface area contributed by atoms with Crippen LogP contribution >= 0.6 is 0 Å². The highest BCUT2D eigenvalue weighted by molar-refractivity contribution is 6.53. The Bertz CT molecular complexity index is 97.6. The zero-order chi connectivity index (χ0) is 7.33. The van der Waals surface area contributed by atoms with Crippen molar-refractivity contribution in [3.8, 4) is 0 Å². The molecule has 0 aromatic heterocycles. The van der Waals surface area contributed by atoms with Crippen molar-refractivity contribution >= 4 is 22.0 Å². The summed E-state index contributed by atoms with van der Waals surface area (Å²) < 4.78 is 7.17. The highest BCUT2D eigenvalue weighted by atomic mass is 28.4. The lowest BCUT2D eigenvalue weighted by atomic mass is 11.7. The summed E-state index contributed by atoms with van der Waals surface area (Å²) in [5.41, 5.74) is 0. The molecule has 0 fully saturated rings. The van der Waals surface area contributed by atoms with E-state index in [0.717, 1.165) is 0 Å². The van der Waals surface area contributed by atoms with Crippen LogP contribution in [0.4, 0.5) is 0 Å². The summed E-state index contributed by atoms with van der Waals surface area (Å²) in [5, 5.41) is 0. The molecule has 0 unspecified atom stereocenters. The van der Waals surface area contributed by atoms with E-state index in [1.54, 1.807) is 0 Å². The van der Waals surface area contributed by atoms with E-state index in [0.29, 0.717) is 0 Å². The average Bonchev–Trinajstić information content (AvgIpc) is 1.64. The van der Waals surface area contributed by atoms with Crippen LogP contribution in [0.25, 0.3) is 0 Å². The average molecular weight is 152 g/mol. The minimum atomic E-state index is -4.44. The van der Waals surface area contributed by atoms with Crippen LogP contribution in [0.1, 0.15) is 0 Å². The van der Waals surface area contributed by atoms with Crippen LogP contribution in [0.2, 0.25) is 0 Å². The molecule has 0 aliphatic carbocycles. The quantitative estimate of drug-likeness (QED) is 0.349. The fraction of sp³-hybridized carbons (Fsp3) is 0. The number of hydrogen-bond acceptors (Lipinski definition) is 6. The molecule has 0 radical (unpaired) electrons. The Hall–Kier alpha value is -0.923. The lowest BCUT2D eigenvalue weighted by Crippen LogP contribution is -2.41. The Labute approximate surface area is 51.1 Å². The Balaban J connectivity index is 3.68. The van der Waals surface area contributed by atoms with Crippen LogP contribution < -0.4 is 0 Å². The van der Waals surface area contributed by atoms with Crippen molar-refractivity contribution in [2.75, 3.05) is 0 Å². The minimum absolute atomic E-state index is 0.213.